The first kappa shape index (κ1) is 20.1. The summed E-state index contributed by atoms with van der Waals surface area (Å²) in [6.45, 7) is 0.559. The Morgan fingerprint density at radius 3 is 2.74 bits per heavy atom. The maximum absolute atomic E-state index is 12.9. The third kappa shape index (κ3) is 4.98. The first-order chi connectivity index (χ1) is 13.0. The van der Waals surface area contributed by atoms with E-state index in [1.165, 1.54) is 0 Å². The van der Waals surface area contributed by atoms with Crippen LogP contribution >= 0.6 is 35.0 Å². The van der Waals surface area contributed by atoms with Crippen LogP contribution in [0, 0.1) is 0 Å². The Balaban J connectivity index is 1.73. The molecule has 4 nitrogen and oxygen atoms in total. The summed E-state index contributed by atoms with van der Waals surface area (Å²) in [5.41, 5.74) is 7.05. The van der Waals surface area contributed by atoms with Crippen LogP contribution in [0.5, 0.6) is 0 Å². The molecule has 1 aliphatic rings. The highest BCUT2D eigenvalue weighted by Gasteiger charge is 2.31. The first-order valence-corrected chi connectivity index (χ1v) is 10.5. The number of halogens is 2. The Hall–Kier alpha value is -1.69. The fraction of sp³-hybridized carbons (Fsp3) is 0.300. The summed E-state index contributed by atoms with van der Waals surface area (Å²) in [5, 5.41) is 1.28. The summed E-state index contributed by atoms with van der Waals surface area (Å²) in [4.78, 5) is 27.1. The molecule has 0 saturated carbocycles. The number of piperidine rings is 1. The van der Waals surface area contributed by atoms with Crippen molar-refractivity contribution in [2.75, 3.05) is 6.54 Å². The summed E-state index contributed by atoms with van der Waals surface area (Å²) in [5.74, 6) is 0.0666. The van der Waals surface area contributed by atoms with Crippen molar-refractivity contribution in [3.05, 3.63) is 63.6 Å². The maximum atomic E-state index is 12.9. The molecule has 1 heterocycles. The zero-order valence-electron chi connectivity index (χ0n) is 14.7. The Morgan fingerprint density at radius 1 is 1.15 bits per heavy atom. The smallest absolute Gasteiger partial charge is 0.254 e. The van der Waals surface area contributed by atoms with Gasteiger partial charge >= 0.3 is 0 Å². The molecule has 1 unspecified atom stereocenters. The molecule has 2 N–H and O–H groups in total. The van der Waals surface area contributed by atoms with Crippen LogP contribution in [0.1, 0.15) is 35.2 Å². The van der Waals surface area contributed by atoms with Gasteiger partial charge in [0.25, 0.3) is 5.91 Å². The van der Waals surface area contributed by atoms with Crippen molar-refractivity contribution in [1.82, 2.24) is 4.90 Å². The Labute approximate surface area is 173 Å². The van der Waals surface area contributed by atoms with E-state index in [4.69, 9.17) is 28.9 Å². The van der Waals surface area contributed by atoms with Crippen LogP contribution < -0.4 is 5.73 Å². The molecule has 2 aromatic rings. The topological polar surface area (TPSA) is 63.4 Å². The van der Waals surface area contributed by atoms with E-state index >= 15 is 0 Å². The molecule has 2 amide bonds. The molecule has 2 aromatic carbocycles. The standard InChI is InChI=1S/C20H20Cl2N2O2S/c21-15-7-8-16(22)18(11-15)27-12-13-4-3-5-14(10-13)20(26)24-9-2-1-6-17(24)19(23)25/h3-5,7-8,10-11,17H,1-2,6,9,12H2,(H2,23,25). The van der Waals surface area contributed by atoms with Gasteiger partial charge in [0, 0.05) is 27.8 Å². The molecule has 1 saturated heterocycles. The van der Waals surface area contributed by atoms with Gasteiger partial charge < -0.3 is 10.6 Å². The van der Waals surface area contributed by atoms with Gasteiger partial charge in [-0.1, -0.05) is 35.3 Å². The van der Waals surface area contributed by atoms with Crippen molar-refractivity contribution >= 4 is 46.8 Å². The second kappa shape index (κ2) is 9.00. The van der Waals surface area contributed by atoms with Crippen LogP contribution in [0.25, 0.3) is 0 Å². The number of primary amides is 1. The van der Waals surface area contributed by atoms with Crippen LogP contribution in [-0.4, -0.2) is 29.3 Å². The van der Waals surface area contributed by atoms with E-state index in [1.807, 2.05) is 24.3 Å². The predicted octanol–water partition coefficient (Wildman–Crippen LogP) is 4.77. The summed E-state index contributed by atoms with van der Waals surface area (Å²) in [6, 6.07) is 12.3. The molecule has 142 valence electrons. The maximum Gasteiger partial charge on any atom is 0.254 e. The molecule has 0 bridgehead atoms. The van der Waals surface area contributed by atoms with Crippen molar-refractivity contribution in [2.24, 2.45) is 5.73 Å². The van der Waals surface area contributed by atoms with Gasteiger partial charge in [-0.3, -0.25) is 9.59 Å². The van der Waals surface area contributed by atoms with Gasteiger partial charge in [-0.25, -0.2) is 0 Å². The molecule has 0 aliphatic carbocycles. The van der Waals surface area contributed by atoms with Crippen LogP contribution in [0.2, 0.25) is 10.0 Å². The molecule has 7 heteroatoms. The van der Waals surface area contributed by atoms with Crippen molar-refractivity contribution in [3.63, 3.8) is 0 Å². The molecule has 27 heavy (non-hydrogen) atoms. The molecule has 1 atom stereocenters. The quantitative estimate of drug-likeness (QED) is 0.705. The van der Waals surface area contributed by atoms with Gasteiger partial charge in [-0.2, -0.15) is 0 Å². The molecule has 1 aliphatic heterocycles. The highest BCUT2D eigenvalue weighted by molar-refractivity contribution is 7.98. The Morgan fingerprint density at radius 2 is 1.96 bits per heavy atom. The lowest BCUT2D eigenvalue weighted by atomic mass is 10.00. The van der Waals surface area contributed by atoms with E-state index in [0.717, 1.165) is 23.3 Å². The second-order valence-electron chi connectivity index (χ2n) is 6.48. The summed E-state index contributed by atoms with van der Waals surface area (Å²) in [6.07, 6.45) is 2.43. The normalized spacial score (nSPS) is 17.0. The number of likely N-dealkylation sites (tertiary alicyclic amines) is 1. The summed E-state index contributed by atoms with van der Waals surface area (Å²) < 4.78 is 0. The molecular weight excluding hydrogens is 403 g/mol. The average Bonchev–Trinajstić information content (AvgIpc) is 2.68. The van der Waals surface area contributed by atoms with Gasteiger partial charge in [-0.05, 0) is 55.2 Å². The van der Waals surface area contributed by atoms with E-state index in [9.17, 15) is 9.59 Å². The molecular formula is C20H20Cl2N2O2S. The average molecular weight is 423 g/mol. The lowest BCUT2D eigenvalue weighted by Crippen LogP contribution is -2.50. The highest BCUT2D eigenvalue weighted by atomic mass is 35.5. The first-order valence-electron chi connectivity index (χ1n) is 8.73. The predicted molar refractivity (Wildman–Crippen MR) is 110 cm³/mol. The number of hydrogen-bond donors (Lipinski definition) is 1. The van der Waals surface area contributed by atoms with E-state index in [0.29, 0.717) is 34.3 Å². The van der Waals surface area contributed by atoms with Crippen molar-refractivity contribution < 1.29 is 9.59 Å². The van der Waals surface area contributed by atoms with Crippen LogP contribution in [-0.2, 0) is 10.5 Å². The van der Waals surface area contributed by atoms with Gasteiger partial charge in [-0.15, -0.1) is 11.8 Å². The van der Waals surface area contributed by atoms with Crippen LogP contribution in [0.4, 0.5) is 0 Å². The Bertz CT molecular complexity index is 860. The van der Waals surface area contributed by atoms with Crippen LogP contribution in [0.15, 0.2) is 47.4 Å². The lowest BCUT2D eigenvalue weighted by Gasteiger charge is -2.33. The number of thioether (sulfide) groups is 1. The molecule has 0 spiro atoms. The number of nitrogens with zero attached hydrogens (tertiary/aromatic N) is 1. The largest absolute Gasteiger partial charge is 0.368 e. The van der Waals surface area contributed by atoms with Gasteiger partial charge in [0.15, 0.2) is 0 Å². The van der Waals surface area contributed by atoms with Crippen molar-refractivity contribution in [2.45, 2.75) is 36.0 Å². The molecule has 0 aromatic heterocycles. The van der Waals surface area contributed by atoms with E-state index < -0.39 is 11.9 Å². The summed E-state index contributed by atoms with van der Waals surface area (Å²) >= 11 is 13.8. The SMILES string of the molecule is NC(=O)C1CCCCN1C(=O)c1cccc(CSc2cc(Cl)ccc2Cl)c1. The van der Waals surface area contributed by atoms with Gasteiger partial charge in [0.2, 0.25) is 5.91 Å². The number of nitrogens with two attached hydrogens (primary N) is 1. The minimum Gasteiger partial charge on any atom is -0.368 e. The fourth-order valence-electron chi connectivity index (χ4n) is 3.18. The Kier molecular flexibility index (Phi) is 6.68. The molecule has 3 rings (SSSR count). The van der Waals surface area contributed by atoms with E-state index in [-0.39, 0.29) is 5.91 Å². The molecule has 1 fully saturated rings. The minimum absolute atomic E-state index is 0.147. The minimum atomic E-state index is -0.519. The fourth-order valence-corrected chi connectivity index (χ4v) is 4.62. The third-order valence-corrected chi connectivity index (χ3v) is 6.36. The number of benzene rings is 2. The third-order valence-electron chi connectivity index (χ3n) is 4.55. The van der Waals surface area contributed by atoms with E-state index in [2.05, 4.69) is 0 Å². The van der Waals surface area contributed by atoms with Gasteiger partial charge in [0.05, 0.1) is 5.02 Å². The van der Waals surface area contributed by atoms with Crippen molar-refractivity contribution in [3.8, 4) is 0 Å². The van der Waals surface area contributed by atoms with Crippen LogP contribution in [0.3, 0.4) is 0 Å². The number of hydrogen-bond acceptors (Lipinski definition) is 3. The lowest BCUT2D eigenvalue weighted by molar-refractivity contribution is -0.123. The highest BCUT2D eigenvalue weighted by Crippen LogP contribution is 2.32. The monoisotopic (exact) mass is 422 g/mol. The zero-order chi connectivity index (χ0) is 19.4. The van der Waals surface area contributed by atoms with E-state index in [1.54, 1.807) is 34.9 Å². The van der Waals surface area contributed by atoms with Gasteiger partial charge in [0.1, 0.15) is 6.04 Å². The summed E-state index contributed by atoms with van der Waals surface area (Å²) in [7, 11) is 0. The number of amides is 2. The second-order valence-corrected chi connectivity index (χ2v) is 8.34. The number of rotatable bonds is 5. The number of carbonyl (C=O) groups excluding carboxylic acids is 2. The molecule has 0 radical (unpaired) electrons. The zero-order valence-corrected chi connectivity index (χ0v) is 17.0. The van der Waals surface area contributed by atoms with Crippen molar-refractivity contribution in [1.29, 1.82) is 0 Å². The number of carbonyl (C=O) groups is 2.